The van der Waals surface area contributed by atoms with E-state index in [-0.39, 0.29) is 4.83 Å². The fourth-order valence-corrected chi connectivity index (χ4v) is 2.43. The van der Waals surface area contributed by atoms with Gasteiger partial charge in [0, 0.05) is 23.0 Å². The molecule has 0 fully saturated rings. The van der Waals surface area contributed by atoms with Crippen molar-refractivity contribution in [3.8, 4) is 5.88 Å². The fraction of sp³-hybridized carbons (Fsp3) is 0.286. The van der Waals surface area contributed by atoms with Crippen molar-refractivity contribution in [3.63, 3.8) is 0 Å². The number of hydrogen-bond donors (Lipinski definition) is 0. The summed E-state index contributed by atoms with van der Waals surface area (Å²) in [6, 6.07) is 6.89. The Morgan fingerprint density at radius 2 is 2.00 bits per heavy atom. The van der Waals surface area contributed by atoms with Crippen LogP contribution in [0.25, 0.3) is 0 Å². The van der Waals surface area contributed by atoms with Crippen molar-refractivity contribution in [2.75, 3.05) is 7.11 Å². The zero-order valence-electron chi connectivity index (χ0n) is 11.1. The van der Waals surface area contributed by atoms with Crippen molar-refractivity contribution in [1.82, 2.24) is 9.97 Å². The van der Waals surface area contributed by atoms with Crippen LogP contribution in [-0.2, 0) is 12.6 Å². The molecule has 112 valence electrons. The second-order valence-corrected chi connectivity index (χ2v) is 5.45. The number of aromatic nitrogens is 2. The van der Waals surface area contributed by atoms with Crippen LogP contribution in [0.3, 0.4) is 0 Å². The third kappa shape index (κ3) is 4.17. The molecule has 2 aromatic rings. The molecule has 2 rings (SSSR count). The maximum absolute atomic E-state index is 12.7. The minimum Gasteiger partial charge on any atom is -0.481 e. The Bertz CT molecular complexity index is 619. The molecule has 1 atom stereocenters. The normalized spacial score (nSPS) is 13.0. The molecular formula is C14H12BrF3N2O. The van der Waals surface area contributed by atoms with Gasteiger partial charge in [-0.25, -0.2) is 9.97 Å². The van der Waals surface area contributed by atoms with Crippen LogP contribution in [0.2, 0.25) is 0 Å². The van der Waals surface area contributed by atoms with Crippen LogP contribution < -0.4 is 4.74 Å². The quantitative estimate of drug-likeness (QED) is 0.767. The monoisotopic (exact) mass is 360 g/mol. The summed E-state index contributed by atoms with van der Waals surface area (Å²) in [4.78, 5) is 7.69. The molecule has 0 amide bonds. The molecule has 0 spiro atoms. The Hall–Kier alpha value is -1.63. The van der Waals surface area contributed by atoms with Crippen molar-refractivity contribution in [1.29, 1.82) is 0 Å². The van der Waals surface area contributed by atoms with Gasteiger partial charge in [0.2, 0.25) is 5.88 Å². The van der Waals surface area contributed by atoms with Crippen LogP contribution in [-0.4, -0.2) is 17.1 Å². The Labute approximate surface area is 128 Å². The third-order valence-electron chi connectivity index (χ3n) is 2.87. The number of hydrogen-bond acceptors (Lipinski definition) is 3. The lowest BCUT2D eigenvalue weighted by atomic mass is 10.0. The summed E-state index contributed by atoms with van der Waals surface area (Å²) >= 11 is 3.40. The molecule has 0 N–H and O–H groups in total. The van der Waals surface area contributed by atoms with Gasteiger partial charge in [-0.15, -0.1) is 0 Å². The number of nitrogens with zero attached hydrogens (tertiary/aromatic N) is 2. The Kier molecular flexibility index (Phi) is 4.82. The first-order valence-electron chi connectivity index (χ1n) is 6.06. The zero-order valence-corrected chi connectivity index (χ0v) is 12.6. The fourth-order valence-electron chi connectivity index (χ4n) is 1.81. The van der Waals surface area contributed by atoms with Gasteiger partial charge in [-0.1, -0.05) is 34.1 Å². The van der Waals surface area contributed by atoms with Crippen molar-refractivity contribution in [2.45, 2.75) is 17.4 Å². The molecule has 1 heterocycles. The summed E-state index contributed by atoms with van der Waals surface area (Å²) in [6.07, 6.45) is -2.55. The first kappa shape index (κ1) is 15.8. The number of halogens is 4. The average Bonchev–Trinajstić information content (AvgIpc) is 2.46. The van der Waals surface area contributed by atoms with Crippen molar-refractivity contribution < 1.29 is 17.9 Å². The second-order valence-electron chi connectivity index (χ2n) is 4.35. The highest BCUT2D eigenvalue weighted by Crippen LogP contribution is 2.33. The number of rotatable bonds is 4. The summed E-state index contributed by atoms with van der Waals surface area (Å²) in [5.41, 5.74) is 0.563. The van der Waals surface area contributed by atoms with Gasteiger partial charge in [0.25, 0.3) is 0 Å². The van der Waals surface area contributed by atoms with Crippen LogP contribution in [0.4, 0.5) is 13.2 Å². The largest absolute Gasteiger partial charge is 0.481 e. The van der Waals surface area contributed by atoms with Gasteiger partial charge in [0.05, 0.1) is 12.7 Å². The van der Waals surface area contributed by atoms with Crippen LogP contribution in [0.5, 0.6) is 5.88 Å². The number of alkyl halides is 4. The number of benzene rings is 1. The highest BCUT2D eigenvalue weighted by atomic mass is 79.9. The molecule has 0 aliphatic carbocycles. The third-order valence-corrected chi connectivity index (χ3v) is 3.72. The van der Waals surface area contributed by atoms with Crippen molar-refractivity contribution >= 4 is 15.9 Å². The smallest absolute Gasteiger partial charge is 0.416 e. The van der Waals surface area contributed by atoms with Gasteiger partial charge < -0.3 is 4.74 Å². The van der Waals surface area contributed by atoms with Crippen molar-refractivity contribution in [3.05, 3.63) is 53.5 Å². The number of methoxy groups -OCH3 is 1. The van der Waals surface area contributed by atoms with E-state index in [2.05, 4.69) is 25.9 Å². The van der Waals surface area contributed by atoms with Gasteiger partial charge >= 0.3 is 6.18 Å². The van der Waals surface area contributed by atoms with E-state index in [1.165, 1.54) is 19.5 Å². The topological polar surface area (TPSA) is 35.0 Å². The zero-order chi connectivity index (χ0) is 15.5. The molecule has 0 saturated carbocycles. The van der Waals surface area contributed by atoms with Gasteiger partial charge in [-0.05, 0) is 11.6 Å². The minimum absolute atomic E-state index is 0.278. The summed E-state index contributed by atoms with van der Waals surface area (Å²) in [5, 5.41) is 0. The highest BCUT2D eigenvalue weighted by molar-refractivity contribution is 9.09. The molecule has 0 radical (unpaired) electrons. The van der Waals surface area contributed by atoms with Gasteiger partial charge in [-0.2, -0.15) is 13.2 Å². The first-order chi connectivity index (χ1) is 9.90. The van der Waals surface area contributed by atoms with E-state index in [4.69, 9.17) is 4.74 Å². The second kappa shape index (κ2) is 6.43. The predicted molar refractivity (Wildman–Crippen MR) is 75.4 cm³/mol. The molecular weight excluding hydrogens is 349 g/mol. The SMILES string of the molecule is COc1cc(CC(Br)c2cccc(C(F)(F)F)c2)ncn1. The lowest BCUT2D eigenvalue weighted by Gasteiger charge is -2.13. The lowest BCUT2D eigenvalue weighted by Crippen LogP contribution is -2.06. The molecule has 0 aliphatic heterocycles. The van der Waals surface area contributed by atoms with E-state index >= 15 is 0 Å². The van der Waals surface area contributed by atoms with E-state index in [0.29, 0.717) is 23.6 Å². The molecule has 7 heteroatoms. The van der Waals surface area contributed by atoms with Crippen LogP contribution in [0.15, 0.2) is 36.7 Å². The van der Waals surface area contributed by atoms with E-state index in [1.54, 1.807) is 12.1 Å². The maximum Gasteiger partial charge on any atom is 0.416 e. The predicted octanol–water partition coefficient (Wildman–Crippen LogP) is 4.18. The van der Waals surface area contributed by atoms with Gasteiger partial charge in [-0.3, -0.25) is 0 Å². The van der Waals surface area contributed by atoms with Gasteiger partial charge in [0.15, 0.2) is 0 Å². The van der Waals surface area contributed by atoms with Crippen LogP contribution in [0, 0.1) is 0 Å². The van der Waals surface area contributed by atoms with Crippen LogP contribution >= 0.6 is 15.9 Å². The molecule has 3 nitrogen and oxygen atoms in total. The minimum atomic E-state index is -4.35. The van der Waals surface area contributed by atoms with E-state index in [1.807, 2.05) is 0 Å². The molecule has 0 aliphatic rings. The molecule has 0 saturated heterocycles. The molecule has 1 aromatic carbocycles. The molecule has 1 aromatic heterocycles. The number of ether oxygens (including phenoxy) is 1. The first-order valence-corrected chi connectivity index (χ1v) is 6.98. The summed E-state index contributed by atoms with van der Waals surface area (Å²) in [5.74, 6) is 0.420. The Balaban J connectivity index is 2.18. The van der Waals surface area contributed by atoms with E-state index < -0.39 is 11.7 Å². The average molecular weight is 361 g/mol. The standard InChI is InChI=1S/C14H12BrF3N2O/c1-21-13-7-11(19-8-20-13)6-12(15)9-3-2-4-10(5-9)14(16,17)18/h2-5,7-8,12H,6H2,1H3. The molecule has 21 heavy (non-hydrogen) atoms. The van der Waals surface area contributed by atoms with E-state index in [0.717, 1.165) is 12.1 Å². The Morgan fingerprint density at radius 1 is 1.24 bits per heavy atom. The van der Waals surface area contributed by atoms with Gasteiger partial charge in [0.1, 0.15) is 6.33 Å². The maximum atomic E-state index is 12.7. The van der Waals surface area contributed by atoms with Crippen LogP contribution in [0.1, 0.15) is 21.6 Å². The molecule has 0 bridgehead atoms. The lowest BCUT2D eigenvalue weighted by molar-refractivity contribution is -0.137. The Morgan fingerprint density at radius 3 is 2.67 bits per heavy atom. The molecule has 1 unspecified atom stereocenters. The van der Waals surface area contributed by atoms with E-state index in [9.17, 15) is 13.2 Å². The van der Waals surface area contributed by atoms with Crippen molar-refractivity contribution in [2.24, 2.45) is 0 Å². The summed E-state index contributed by atoms with van der Waals surface area (Å²) < 4.78 is 43.1. The highest BCUT2D eigenvalue weighted by Gasteiger charge is 2.30. The summed E-state index contributed by atoms with van der Waals surface area (Å²) in [6.45, 7) is 0. The summed E-state index contributed by atoms with van der Waals surface area (Å²) in [7, 11) is 1.49.